The molecule has 27 heavy (non-hydrogen) atoms. The number of piperidine rings is 1. The summed E-state index contributed by atoms with van der Waals surface area (Å²) in [6.07, 6.45) is 4.95. The van der Waals surface area contributed by atoms with Gasteiger partial charge in [0.15, 0.2) is 5.76 Å². The Morgan fingerprint density at radius 2 is 2.15 bits per heavy atom. The number of fused-ring (bicyclic) bond motifs is 1. The van der Waals surface area contributed by atoms with Gasteiger partial charge in [0.2, 0.25) is 0 Å². The van der Waals surface area contributed by atoms with Crippen LogP contribution >= 0.6 is 0 Å². The van der Waals surface area contributed by atoms with E-state index in [0.29, 0.717) is 24.3 Å². The highest BCUT2D eigenvalue weighted by atomic mass is 16.3. The maximum atomic E-state index is 13.1. The number of para-hydroxylation sites is 1. The van der Waals surface area contributed by atoms with E-state index in [1.165, 1.54) is 17.7 Å². The average Bonchev–Trinajstić information content (AvgIpc) is 3.27. The number of likely N-dealkylation sites (tertiary alicyclic amines) is 1. The second-order valence-corrected chi connectivity index (χ2v) is 7.90. The van der Waals surface area contributed by atoms with Crippen molar-refractivity contribution in [2.24, 2.45) is 5.92 Å². The van der Waals surface area contributed by atoms with Crippen LogP contribution in [0.3, 0.4) is 0 Å². The first-order chi connectivity index (χ1) is 13.2. The van der Waals surface area contributed by atoms with Gasteiger partial charge in [-0.05, 0) is 63.4 Å². The molecule has 1 aromatic carbocycles. The molecule has 1 aromatic heterocycles. The van der Waals surface area contributed by atoms with Gasteiger partial charge in [-0.2, -0.15) is 0 Å². The Kier molecular flexibility index (Phi) is 5.21. The number of rotatable bonds is 5. The van der Waals surface area contributed by atoms with E-state index in [0.717, 1.165) is 38.0 Å². The van der Waals surface area contributed by atoms with Gasteiger partial charge in [-0.1, -0.05) is 18.2 Å². The van der Waals surface area contributed by atoms with E-state index in [4.69, 9.17) is 4.42 Å². The van der Waals surface area contributed by atoms with E-state index in [1.54, 1.807) is 6.26 Å². The highest BCUT2D eigenvalue weighted by Gasteiger charge is 2.30. The summed E-state index contributed by atoms with van der Waals surface area (Å²) in [5.74, 6) is 1.07. The number of carbonyl (C=O) groups excluding carboxylic acids is 1. The molecule has 3 heterocycles. The molecule has 0 aliphatic carbocycles. The lowest BCUT2D eigenvalue weighted by Crippen LogP contribution is -2.42. The largest absolute Gasteiger partial charge is 0.459 e. The number of hydrogen-bond acceptors (Lipinski definition) is 4. The third-order valence-corrected chi connectivity index (χ3v) is 5.93. The molecule has 1 amide bonds. The first kappa shape index (κ1) is 18.1. The zero-order chi connectivity index (χ0) is 18.8. The molecule has 0 spiro atoms. The molecule has 4 rings (SSSR count). The van der Waals surface area contributed by atoms with Crippen LogP contribution in [0.5, 0.6) is 0 Å². The second-order valence-electron chi connectivity index (χ2n) is 7.90. The predicted octanol–water partition coefficient (Wildman–Crippen LogP) is 3.30. The summed E-state index contributed by atoms with van der Waals surface area (Å²) < 4.78 is 5.67. The van der Waals surface area contributed by atoms with Crippen LogP contribution in [0.25, 0.3) is 0 Å². The summed E-state index contributed by atoms with van der Waals surface area (Å²) in [7, 11) is 1.97. The van der Waals surface area contributed by atoms with E-state index in [2.05, 4.69) is 41.4 Å². The topological polar surface area (TPSA) is 48.7 Å². The van der Waals surface area contributed by atoms with Crippen molar-refractivity contribution in [1.29, 1.82) is 0 Å². The van der Waals surface area contributed by atoms with Gasteiger partial charge in [-0.3, -0.25) is 4.79 Å². The summed E-state index contributed by atoms with van der Waals surface area (Å²) in [6, 6.07) is 10.9. The molecule has 1 N–H and O–H groups in total. The van der Waals surface area contributed by atoms with E-state index in [-0.39, 0.29) is 5.91 Å². The minimum atomic E-state index is 0.0379. The minimum Gasteiger partial charge on any atom is -0.459 e. The molecule has 2 unspecified atom stereocenters. The maximum Gasteiger partial charge on any atom is 0.289 e. The SMILES string of the molecule is CNCC1CCCN(C(=O)c2occc2CN2c3ccccc3CC2C)C1. The lowest BCUT2D eigenvalue weighted by molar-refractivity contribution is 0.0640. The normalized spacial score (nSPS) is 22.1. The van der Waals surface area contributed by atoms with Gasteiger partial charge >= 0.3 is 0 Å². The van der Waals surface area contributed by atoms with Crippen LogP contribution in [-0.4, -0.2) is 43.5 Å². The van der Waals surface area contributed by atoms with Crippen LogP contribution in [0.2, 0.25) is 0 Å². The van der Waals surface area contributed by atoms with E-state index >= 15 is 0 Å². The minimum absolute atomic E-state index is 0.0379. The van der Waals surface area contributed by atoms with Crippen molar-refractivity contribution in [3.8, 4) is 0 Å². The summed E-state index contributed by atoms with van der Waals surface area (Å²) in [5, 5.41) is 3.24. The van der Waals surface area contributed by atoms with Crippen molar-refractivity contribution < 1.29 is 9.21 Å². The van der Waals surface area contributed by atoms with Gasteiger partial charge in [0.1, 0.15) is 0 Å². The van der Waals surface area contributed by atoms with Gasteiger partial charge in [0.25, 0.3) is 5.91 Å². The Balaban J connectivity index is 1.51. The fourth-order valence-electron chi connectivity index (χ4n) is 4.55. The first-order valence-corrected chi connectivity index (χ1v) is 10.0. The molecule has 144 valence electrons. The molecule has 5 heteroatoms. The van der Waals surface area contributed by atoms with Gasteiger partial charge in [0, 0.05) is 36.9 Å². The Morgan fingerprint density at radius 1 is 1.30 bits per heavy atom. The molecule has 2 aromatic rings. The molecule has 1 fully saturated rings. The number of anilines is 1. The van der Waals surface area contributed by atoms with Crippen LogP contribution < -0.4 is 10.2 Å². The second kappa shape index (κ2) is 7.77. The molecule has 2 aliphatic heterocycles. The Bertz CT molecular complexity index is 798. The lowest BCUT2D eigenvalue weighted by atomic mass is 9.97. The molecular formula is C22H29N3O2. The zero-order valence-electron chi connectivity index (χ0n) is 16.3. The third-order valence-electron chi connectivity index (χ3n) is 5.93. The fourth-order valence-corrected chi connectivity index (χ4v) is 4.55. The molecule has 1 saturated heterocycles. The fraction of sp³-hybridized carbons (Fsp3) is 0.500. The maximum absolute atomic E-state index is 13.1. The average molecular weight is 367 g/mol. The first-order valence-electron chi connectivity index (χ1n) is 10.0. The van der Waals surface area contributed by atoms with Gasteiger partial charge < -0.3 is 19.5 Å². The predicted molar refractivity (Wildman–Crippen MR) is 107 cm³/mol. The Labute approximate surface area is 161 Å². The quantitative estimate of drug-likeness (QED) is 0.881. The van der Waals surface area contributed by atoms with E-state index in [1.807, 2.05) is 18.0 Å². The smallest absolute Gasteiger partial charge is 0.289 e. The Morgan fingerprint density at radius 3 is 3.00 bits per heavy atom. The molecule has 0 bridgehead atoms. The summed E-state index contributed by atoms with van der Waals surface area (Å²) in [6.45, 7) is 5.54. The summed E-state index contributed by atoms with van der Waals surface area (Å²) >= 11 is 0. The van der Waals surface area contributed by atoms with Crippen LogP contribution in [0, 0.1) is 5.92 Å². The van der Waals surface area contributed by atoms with E-state index < -0.39 is 0 Å². The third kappa shape index (κ3) is 3.61. The van der Waals surface area contributed by atoms with Crippen LogP contribution in [0.15, 0.2) is 41.0 Å². The molecule has 0 radical (unpaired) electrons. The van der Waals surface area contributed by atoms with E-state index in [9.17, 15) is 4.79 Å². The number of nitrogens with zero attached hydrogens (tertiary/aromatic N) is 2. The van der Waals surface area contributed by atoms with Gasteiger partial charge in [-0.15, -0.1) is 0 Å². The van der Waals surface area contributed by atoms with Crippen molar-refractivity contribution in [1.82, 2.24) is 10.2 Å². The monoisotopic (exact) mass is 367 g/mol. The molecule has 2 atom stereocenters. The summed E-state index contributed by atoms with van der Waals surface area (Å²) in [5.41, 5.74) is 3.64. The Hall–Kier alpha value is -2.27. The number of furan rings is 1. The van der Waals surface area contributed by atoms with Crippen molar-refractivity contribution in [2.75, 3.05) is 31.6 Å². The number of benzene rings is 1. The number of amides is 1. The number of hydrogen-bond donors (Lipinski definition) is 1. The molecule has 2 aliphatic rings. The van der Waals surface area contributed by atoms with Gasteiger partial charge in [0.05, 0.1) is 6.26 Å². The number of carbonyl (C=O) groups is 1. The lowest BCUT2D eigenvalue weighted by Gasteiger charge is -2.32. The van der Waals surface area contributed by atoms with Crippen LogP contribution in [0.4, 0.5) is 5.69 Å². The van der Waals surface area contributed by atoms with Gasteiger partial charge in [-0.25, -0.2) is 0 Å². The molecule has 0 saturated carbocycles. The highest BCUT2D eigenvalue weighted by Crippen LogP contribution is 2.34. The summed E-state index contributed by atoms with van der Waals surface area (Å²) in [4.78, 5) is 17.5. The number of nitrogens with one attached hydrogen (secondary N) is 1. The van der Waals surface area contributed by atoms with Crippen molar-refractivity contribution in [3.63, 3.8) is 0 Å². The molecule has 5 nitrogen and oxygen atoms in total. The van der Waals surface area contributed by atoms with Crippen molar-refractivity contribution in [3.05, 3.63) is 53.5 Å². The standard InChI is InChI=1S/C22H29N3O2/c1-16-12-18-7-3-4-8-20(18)25(16)15-19-9-11-27-21(19)22(26)24-10-5-6-17(14-24)13-23-2/h3-4,7-9,11,16-17,23H,5-6,10,12-15H2,1-2H3. The van der Waals surface area contributed by atoms with Crippen molar-refractivity contribution >= 4 is 11.6 Å². The van der Waals surface area contributed by atoms with Crippen molar-refractivity contribution in [2.45, 2.75) is 38.8 Å². The van der Waals surface area contributed by atoms with Crippen LogP contribution in [0.1, 0.15) is 41.4 Å². The van der Waals surface area contributed by atoms with Crippen LogP contribution in [-0.2, 0) is 13.0 Å². The zero-order valence-corrected chi connectivity index (χ0v) is 16.3. The molecular weight excluding hydrogens is 338 g/mol. The highest BCUT2D eigenvalue weighted by molar-refractivity contribution is 5.93.